The van der Waals surface area contributed by atoms with Gasteiger partial charge in [0.05, 0.1) is 23.3 Å². The van der Waals surface area contributed by atoms with Crippen LogP contribution in [0.4, 0.5) is 0 Å². The van der Waals surface area contributed by atoms with E-state index in [1.807, 2.05) is 18.6 Å². The first kappa shape index (κ1) is 18.1. The topological polar surface area (TPSA) is 45.2 Å². The van der Waals surface area contributed by atoms with Gasteiger partial charge in [-0.2, -0.15) is 0 Å². The summed E-state index contributed by atoms with van der Waals surface area (Å²) >= 11 is 1.72. The van der Waals surface area contributed by atoms with Crippen molar-refractivity contribution in [3.8, 4) is 0 Å². The van der Waals surface area contributed by atoms with E-state index in [0.717, 1.165) is 44.3 Å². The lowest BCUT2D eigenvalue weighted by Crippen LogP contribution is -2.45. The molecule has 0 spiro atoms. The number of carbonyl (C=O) groups excluding carboxylic acids is 1. The number of hydrogen-bond acceptors (Lipinski definition) is 4. The molecule has 0 saturated carbocycles. The molecule has 0 bridgehead atoms. The van der Waals surface area contributed by atoms with Crippen molar-refractivity contribution in [1.82, 2.24) is 15.2 Å². The van der Waals surface area contributed by atoms with Crippen LogP contribution in [0.25, 0.3) is 0 Å². The summed E-state index contributed by atoms with van der Waals surface area (Å²) in [6.07, 6.45) is 4.83. The van der Waals surface area contributed by atoms with Crippen LogP contribution in [0.3, 0.4) is 0 Å². The molecule has 0 aliphatic carbocycles. The van der Waals surface area contributed by atoms with Gasteiger partial charge in [-0.1, -0.05) is 37.3 Å². The molecule has 25 heavy (non-hydrogen) atoms. The van der Waals surface area contributed by atoms with Gasteiger partial charge in [0.2, 0.25) is 5.91 Å². The molecule has 5 heteroatoms. The maximum absolute atomic E-state index is 13.1. The predicted octanol–water partition coefficient (Wildman–Crippen LogP) is 3.59. The molecule has 3 rings (SSSR count). The Balaban J connectivity index is 1.83. The Kier molecular flexibility index (Phi) is 6.21. The van der Waals surface area contributed by atoms with E-state index in [1.54, 1.807) is 11.3 Å². The average molecular weight is 358 g/mol. The molecule has 2 heterocycles. The summed E-state index contributed by atoms with van der Waals surface area (Å²) < 4.78 is 0. The number of likely N-dealkylation sites (tertiary alicyclic amines) is 1. The predicted molar refractivity (Wildman–Crippen MR) is 103 cm³/mol. The van der Waals surface area contributed by atoms with Crippen molar-refractivity contribution in [1.29, 1.82) is 0 Å². The first-order valence-electron chi connectivity index (χ1n) is 9.18. The molecule has 1 amide bonds. The molecule has 2 unspecified atom stereocenters. The van der Waals surface area contributed by atoms with Gasteiger partial charge in [0.1, 0.15) is 0 Å². The maximum atomic E-state index is 13.1. The van der Waals surface area contributed by atoms with Crippen molar-refractivity contribution in [2.24, 2.45) is 0 Å². The van der Waals surface area contributed by atoms with Crippen LogP contribution in [0.1, 0.15) is 48.4 Å². The quantitative estimate of drug-likeness (QED) is 0.859. The lowest BCUT2D eigenvalue weighted by atomic mass is 10.0. The van der Waals surface area contributed by atoms with E-state index in [9.17, 15) is 4.79 Å². The van der Waals surface area contributed by atoms with E-state index >= 15 is 0 Å². The molecule has 1 aliphatic rings. The third-order valence-corrected chi connectivity index (χ3v) is 6.12. The second-order valence-corrected chi connectivity index (χ2v) is 7.50. The van der Waals surface area contributed by atoms with E-state index in [4.69, 9.17) is 0 Å². The van der Waals surface area contributed by atoms with Crippen molar-refractivity contribution in [2.75, 3.05) is 13.6 Å². The fourth-order valence-corrected chi connectivity index (χ4v) is 4.48. The molecule has 2 atom stereocenters. The summed E-state index contributed by atoms with van der Waals surface area (Å²) in [4.78, 5) is 21.1. The molecule has 1 aromatic carbocycles. The third kappa shape index (κ3) is 4.10. The number of benzene rings is 1. The minimum absolute atomic E-state index is 0.0743. The summed E-state index contributed by atoms with van der Waals surface area (Å²) in [7, 11) is 1.89. The SMILES string of the molecule is CCc1scnc1CCN1C(=O)C(NC)CCCC1c1ccccc1. The van der Waals surface area contributed by atoms with Gasteiger partial charge < -0.3 is 10.2 Å². The van der Waals surface area contributed by atoms with Gasteiger partial charge in [-0.05, 0) is 38.3 Å². The number of thiazole rings is 1. The highest BCUT2D eigenvalue weighted by Gasteiger charge is 2.32. The minimum Gasteiger partial charge on any atom is -0.334 e. The number of hydrogen-bond donors (Lipinski definition) is 1. The van der Waals surface area contributed by atoms with Crippen LogP contribution in [0.5, 0.6) is 0 Å². The Morgan fingerprint density at radius 3 is 2.80 bits per heavy atom. The van der Waals surface area contributed by atoms with Gasteiger partial charge in [-0.25, -0.2) is 4.98 Å². The van der Waals surface area contributed by atoms with Crippen LogP contribution in [-0.4, -0.2) is 35.4 Å². The number of aromatic nitrogens is 1. The number of aryl methyl sites for hydroxylation is 1. The van der Waals surface area contributed by atoms with E-state index in [2.05, 4.69) is 46.4 Å². The molecule has 4 nitrogen and oxygen atoms in total. The van der Waals surface area contributed by atoms with Gasteiger partial charge in [0.15, 0.2) is 0 Å². The molecule has 2 aromatic rings. The summed E-state index contributed by atoms with van der Waals surface area (Å²) in [6, 6.07) is 10.5. The number of amides is 1. The monoisotopic (exact) mass is 357 g/mol. The van der Waals surface area contributed by atoms with Crippen LogP contribution in [0, 0.1) is 0 Å². The minimum atomic E-state index is -0.0743. The molecule has 134 valence electrons. The molecule has 1 saturated heterocycles. The van der Waals surface area contributed by atoms with Crippen molar-refractivity contribution in [3.05, 3.63) is 52.0 Å². The zero-order valence-electron chi connectivity index (χ0n) is 15.1. The van der Waals surface area contributed by atoms with E-state index < -0.39 is 0 Å². The number of likely N-dealkylation sites (N-methyl/N-ethyl adjacent to an activating group) is 1. The number of rotatable bonds is 6. The highest BCUT2D eigenvalue weighted by Crippen LogP contribution is 2.31. The lowest BCUT2D eigenvalue weighted by Gasteiger charge is -2.32. The van der Waals surface area contributed by atoms with E-state index in [1.165, 1.54) is 10.4 Å². The molecule has 1 aromatic heterocycles. The van der Waals surface area contributed by atoms with Crippen molar-refractivity contribution in [3.63, 3.8) is 0 Å². The summed E-state index contributed by atoms with van der Waals surface area (Å²) in [5, 5.41) is 3.21. The van der Waals surface area contributed by atoms with E-state index in [-0.39, 0.29) is 18.0 Å². The Morgan fingerprint density at radius 1 is 1.28 bits per heavy atom. The van der Waals surface area contributed by atoms with Gasteiger partial charge in [0.25, 0.3) is 0 Å². The first-order chi connectivity index (χ1) is 12.2. The van der Waals surface area contributed by atoms with Crippen LogP contribution in [0.2, 0.25) is 0 Å². The normalized spacial score (nSPS) is 21.4. The van der Waals surface area contributed by atoms with Crippen LogP contribution in [0.15, 0.2) is 35.8 Å². The fourth-order valence-electron chi connectivity index (χ4n) is 3.72. The largest absolute Gasteiger partial charge is 0.334 e. The van der Waals surface area contributed by atoms with Gasteiger partial charge >= 0.3 is 0 Å². The Bertz CT molecular complexity index is 685. The molecular formula is C20H27N3OS. The van der Waals surface area contributed by atoms with Gasteiger partial charge in [-0.15, -0.1) is 11.3 Å². The summed E-state index contributed by atoms with van der Waals surface area (Å²) in [5.74, 6) is 0.224. The standard InChI is InChI=1S/C20H27N3OS/c1-3-19-16(22-14-25-19)12-13-23-18(15-8-5-4-6-9-15)11-7-10-17(21-2)20(23)24/h4-6,8-9,14,17-18,21H,3,7,10-13H2,1-2H3. The molecule has 1 fully saturated rings. The first-order valence-corrected chi connectivity index (χ1v) is 10.1. The van der Waals surface area contributed by atoms with Crippen molar-refractivity contribution < 1.29 is 4.79 Å². The zero-order valence-corrected chi connectivity index (χ0v) is 15.9. The smallest absolute Gasteiger partial charge is 0.240 e. The van der Waals surface area contributed by atoms with E-state index in [0.29, 0.717) is 0 Å². The highest BCUT2D eigenvalue weighted by molar-refractivity contribution is 7.09. The maximum Gasteiger partial charge on any atom is 0.240 e. The van der Waals surface area contributed by atoms with Crippen LogP contribution in [-0.2, 0) is 17.6 Å². The van der Waals surface area contributed by atoms with Gasteiger partial charge in [0, 0.05) is 17.8 Å². The molecule has 1 N–H and O–H groups in total. The van der Waals surface area contributed by atoms with Gasteiger partial charge in [-0.3, -0.25) is 4.79 Å². The number of carbonyl (C=O) groups is 1. The molecule has 0 radical (unpaired) electrons. The van der Waals surface area contributed by atoms with Crippen LogP contribution >= 0.6 is 11.3 Å². The van der Waals surface area contributed by atoms with Crippen LogP contribution < -0.4 is 5.32 Å². The summed E-state index contributed by atoms with van der Waals surface area (Å²) in [5.41, 5.74) is 4.31. The average Bonchev–Trinajstić information content (AvgIpc) is 3.05. The lowest BCUT2D eigenvalue weighted by molar-refractivity contribution is -0.135. The fraction of sp³-hybridized carbons (Fsp3) is 0.500. The highest BCUT2D eigenvalue weighted by atomic mass is 32.1. The number of nitrogens with one attached hydrogen (secondary N) is 1. The Labute approximate surface area is 154 Å². The Morgan fingerprint density at radius 2 is 2.08 bits per heavy atom. The Hall–Kier alpha value is -1.72. The second kappa shape index (κ2) is 8.59. The summed E-state index contributed by atoms with van der Waals surface area (Å²) in [6.45, 7) is 2.89. The molecule has 1 aliphatic heterocycles. The van der Waals surface area contributed by atoms with Crippen molar-refractivity contribution >= 4 is 17.2 Å². The molecular weight excluding hydrogens is 330 g/mol. The number of nitrogens with zero attached hydrogens (tertiary/aromatic N) is 2. The third-order valence-electron chi connectivity index (χ3n) is 5.10. The van der Waals surface area contributed by atoms with Crippen molar-refractivity contribution in [2.45, 2.75) is 51.1 Å². The second-order valence-electron chi connectivity index (χ2n) is 6.56. The zero-order chi connectivity index (χ0) is 17.6.